The third-order valence-electron chi connectivity index (χ3n) is 8.84. The van der Waals surface area contributed by atoms with E-state index in [1.54, 1.807) is 0 Å². The average Bonchev–Trinajstić information content (AvgIpc) is 3.78. The number of nitrogens with zero attached hydrogens (tertiary/aromatic N) is 6. The molecule has 12 heteroatoms. The fourth-order valence-electron chi connectivity index (χ4n) is 5.46. The smallest absolute Gasteiger partial charge is 0.251 e. The first-order chi connectivity index (χ1) is 23.7. The number of rotatable bonds is 25. The molecule has 2 N–H and O–H groups in total. The molecule has 3 unspecified atom stereocenters. The van der Waals surface area contributed by atoms with Gasteiger partial charge in [-0.1, -0.05) is 71.2 Å². The highest BCUT2D eigenvalue weighted by molar-refractivity contribution is 5.97. The maximum atomic E-state index is 13.1. The summed E-state index contributed by atoms with van der Waals surface area (Å²) >= 11 is 0. The van der Waals surface area contributed by atoms with Crippen LogP contribution >= 0.6 is 0 Å². The summed E-state index contributed by atoms with van der Waals surface area (Å²) in [6.45, 7) is 16.1. The van der Waals surface area contributed by atoms with Crippen molar-refractivity contribution in [2.45, 2.75) is 118 Å². The molecule has 2 heterocycles. The minimum absolute atomic E-state index is 0.0237. The Hall–Kier alpha value is -3.48. The number of carbonyl (C=O) groups is 2. The van der Waals surface area contributed by atoms with Gasteiger partial charge < -0.3 is 20.1 Å². The standard InChI is InChI=1S/C37H60N8O4/c1-8-11-32(48-19-20-49-33(12-9-2)24-36(46)27(4)5)14-18-45-26-35(41-43-45)30-21-29(22-31(23-30)37(47)39-16-15-38-7)34-25-44(42-40-34)17-13-28(6)10-3/h21-23,25-28,32-33,38H,8-20,24H2,1-7H3,(H,39,47). The molecule has 0 saturated heterocycles. The summed E-state index contributed by atoms with van der Waals surface area (Å²) in [6, 6.07) is 5.70. The molecule has 0 fully saturated rings. The van der Waals surface area contributed by atoms with Crippen molar-refractivity contribution in [3.63, 3.8) is 0 Å². The number of ether oxygens (including phenoxy) is 2. The molecule has 0 radical (unpaired) electrons. The van der Waals surface area contributed by atoms with E-state index in [4.69, 9.17) is 9.47 Å². The van der Waals surface area contributed by atoms with Crippen molar-refractivity contribution in [3.8, 4) is 22.5 Å². The van der Waals surface area contributed by atoms with Gasteiger partial charge in [-0.3, -0.25) is 19.0 Å². The van der Waals surface area contributed by atoms with Crippen LogP contribution in [0.5, 0.6) is 0 Å². The van der Waals surface area contributed by atoms with Crippen molar-refractivity contribution >= 4 is 11.7 Å². The Kier molecular flexibility index (Phi) is 17.6. The zero-order valence-corrected chi connectivity index (χ0v) is 30.9. The van der Waals surface area contributed by atoms with Crippen molar-refractivity contribution in [3.05, 3.63) is 36.2 Å². The fraction of sp³-hybridized carbons (Fsp3) is 0.676. The Balaban J connectivity index is 1.68. The Morgan fingerprint density at radius 3 is 1.90 bits per heavy atom. The van der Waals surface area contributed by atoms with Gasteiger partial charge in [0.1, 0.15) is 17.2 Å². The number of amides is 1. The lowest BCUT2D eigenvalue weighted by atomic mass is 10.0. The van der Waals surface area contributed by atoms with E-state index in [-0.39, 0.29) is 29.8 Å². The number of hydrogen-bond donors (Lipinski definition) is 2. The van der Waals surface area contributed by atoms with Crippen LogP contribution in [0.4, 0.5) is 0 Å². The minimum Gasteiger partial charge on any atom is -0.376 e. The van der Waals surface area contributed by atoms with E-state index in [2.05, 4.69) is 59.0 Å². The molecule has 0 spiro atoms. The molecule has 0 saturated carbocycles. The highest BCUT2D eigenvalue weighted by Gasteiger charge is 2.18. The molecule has 0 bridgehead atoms. The van der Waals surface area contributed by atoms with E-state index in [0.29, 0.717) is 62.1 Å². The summed E-state index contributed by atoms with van der Waals surface area (Å²) in [7, 11) is 1.85. The molecule has 1 amide bonds. The van der Waals surface area contributed by atoms with E-state index in [1.807, 2.05) is 60.9 Å². The van der Waals surface area contributed by atoms with E-state index in [1.165, 1.54) is 0 Å². The summed E-state index contributed by atoms with van der Waals surface area (Å²) in [5.41, 5.74) is 3.50. The summed E-state index contributed by atoms with van der Waals surface area (Å²) in [5, 5.41) is 23.7. The number of likely N-dealkylation sites (N-methyl/N-ethyl adjacent to an activating group) is 1. The van der Waals surface area contributed by atoms with Gasteiger partial charge in [-0.05, 0) is 56.8 Å². The molecule has 3 aromatic rings. The monoisotopic (exact) mass is 680 g/mol. The largest absolute Gasteiger partial charge is 0.376 e. The predicted octanol–water partition coefficient (Wildman–Crippen LogP) is 5.96. The quantitative estimate of drug-likeness (QED) is 0.104. The van der Waals surface area contributed by atoms with Gasteiger partial charge in [-0.25, -0.2) is 0 Å². The van der Waals surface area contributed by atoms with Gasteiger partial charge in [0.25, 0.3) is 5.91 Å². The van der Waals surface area contributed by atoms with E-state index in [0.717, 1.165) is 62.6 Å². The molecule has 272 valence electrons. The van der Waals surface area contributed by atoms with Crippen molar-refractivity contribution in [1.82, 2.24) is 40.6 Å². The lowest BCUT2D eigenvalue weighted by molar-refractivity contribution is -0.125. The molecule has 1 aromatic carbocycles. The van der Waals surface area contributed by atoms with Crippen molar-refractivity contribution in [2.75, 3.05) is 33.4 Å². The van der Waals surface area contributed by atoms with Crippen LogP contribution in [0.2, 0.25) is 0 Å². The summed E-state index contributed by atoms with van der Waals surface area (Å²) in [5.74, 6) is 0.716. The van der Waals surface area contributed by atoms with E-state index >= 15 is 0 Å². The third kappa shape index (κ3) is 13.7. The van der Waals surface area contributed by atoms with Crippen molar-refractivity contribution < 1.29 is 19.1 Å². The number of hydrogen-bond acceptors (Lipinski definition) is 9. The zero-order valence-electron chi connectivity index (χ0n) is 30.9. The predicted molar refractivity (Wildman–Crippen MR) is 193 cm³/mol. The van der Waals surface area contributed by atoms with Crippen LogP contribution in [0.3, 0.4) is 0 Å². The number of nitrogens with one attached hydrogen (secondary N) is 2. The van der Waals surface area contributed by atoms with Gasteiger partial charge in [-0.2, -0.15) is 0 Å². The van der Waals surface area contributed by atoms with Gasteiger partial charge in [0.05, 0.1) is 37.8 Å². The Morgan fingerprint density at radius 2 is 1.35 bits per heavy atom. The van der Waals surface area contributed by atoms with E-state index < -0.39 is 0 Å². The summed E-state index contributed by atoms with van der Waals surface area (Å²) in [6.07, 6.45) is 11.0. The minimum atomic E-state index is -0.161. The second kappa shape index (κ2) is 21.6. The molecule has 3 rings (SSSR count). The van der Waals surface area contributed by atoms with Crippen molar-refractivity contribution in [2.24, 2.45) is 11.8 Å². The van der Waals surface area contributed by atoms with Gasteiger partial charge in [0.15, 0.2) is 0 Å². The topological polar surface area (TPSA) is 138 Å². The van der Waals surface area contributed by atoms with Gasteiger partial charge in [-0.15, -0.1) is 10.2 Å². The maximum Gasteiger partial charge on any atom is 0.251 e. The normalized spacial score (nSPS) is 13.5. The molecule has 12 nitrogen and oxygen atoms in total. The van der Waals surface area contributed by atoms with Crippen LogP contribution in [-0.2, 0) is 27.4 Å². The Bertz CT molecular complexity index is 1400. The molecule has 0 aliphatic rings. The van der Waals surface area contributed by atoms with Crippen LogP contribution in [0.25, 0.3) is 22.5 Å². The van der Waals surface area contributed by atoms with Gasteiger partial charge in [0.2, 0.25) is 0 Å². The number of ketones is 1. The molecule has 0 aliphatic heterocycles. The maximum absolute atomic E-state index is 13.1. The first kappa shape index (κ1) is 40.0. The number of aryl methyl sites for hydroxylation is 2. The molecule has 49 heavy (non-hydrogen) atoms. The fourth-order valence-corrected chi connectivity index (χ4v) is 5.46. The van der Waals surface area contributed by atoms with Crippen LogP contribution in [0, 0.1) is 11.8 Å². The number of Topliss-reactive ketones (excluding diaryl/α,β-unsaturated/α-hetero) is 1. The third-order valence-corrected chi connectivity index (χ3v) is 8.84. The second-order valence-corrected chi connectivity index (χ2v) is 13.4. The second-order valence-electron chi connectivity index (χ2n) is 13.4. The molecular weight excluding hydrogens is 620 g/mol. The van der Waals surface area contributed by atoms with Gasteiger partial charge >= 0.3 is 0 Å². The Morgan fingerprint density at radius 1 is 0.776 bits per heavy atom. The van der Waals surface area contributed by atoms with E-state index in [9.17, 15) is 9.59 Å². The molecular formula is C37H60N8O4. The highest BCUT2D eigenvalue weighted by atomic mass is 16.5. The molecule has 2 aromatic heterocycles. The Labute approximate surface area is 293 Å². The van der Waals surface area contributed by atoms with Crippen LogP contribution in [0.15, 0.2) is 30.6 Å². The molecule has 0 aliphatic carbocycles. The van der Waals surface area contributed by atoms with Crippen LogP contribution < -0.4 is 10.6 Å². The number of benzene rings is 1. The van der Waals surface area contributed by atoms with Crippen LogP contribution in [0.1, 0.15) is 103 Å². The zero-order chi connectivity index (χ0) is 35.6. The number of carbonyl (C=O) groups excluding carboxylic acids is 2. The highest BCUT2D eigenvalue weighted by Crippen LogP contribution is 2.27. The van der Waals surface area contributed by atoms with Gasteiger partial charge in [0, 0.05) is 55.2 Å². The number of aromatic nitrogens is 6. The average molecular weight is 681 g/mol. The first-order valence-corrected chi connectivity index (χ1v) is 18.3. The van der Waals surface area contributed by atoms with Crippen molar-refractivity contribution in [1.29, 1.82) is 0 Å². The SMILES string of the molecule is CCCC(CCn1cc(-c2cc(C(=O)NCCNC)cc(-c3cn(CCC(C)CC)nn3)c2)nn1)OCCOC(CCC)CC(=O)C(C)C. The lowest BCUT2D eigenvalue weighted by Gasteiger charge is -2.20. The molecule has 3 atom stereocenters. The first-order valence-electron chi connectivity index (χ1n) is 18.3. The van der Waals surface area contributed by atoms with Crippen LogP contribution in [-0.4, -0.2) is 87.2 Å². The summed E-state index contributed by atoms with van der Waals surface area (Å²) < 4.78 is 16.0. The summed E-state index contributed by atoms with van der Waals surface area (Å²) in [4.78, 5) is 25.4. The lowest BCUT2D eigenvalue weighted by Crippen LogP contribution is -2.30.